The fourth-order valence-corrected chi connectivity index (χ4v) is 3.88. The number of amides is 2. The summed E-state index contributed by atoms with van der Waals surface area (Å²) in [5.74, 6) is -0.133. The first kappa shape index (κ1) is 18.9. The molecule has 152 valence electrons. The fourth-order valence-electron chi connectivity index (χ4n) is 3.88. The second-order valence-corrected chi connectivity index (χ2v) is 7.32. The fraction of sp³-hybridized carbons (Fsp3) is 0.125. The van der Waals surface area contributed by atoms with Crippen molar-refractivity contribution in [2.75, 3.05) is 6.54 Å². The normalized spacial score (nSPS) is 13.1. The predicted octanol–water partition coefficient (Wildman–Crippen LogP) is 2.68. The zero-order chi connectivity index (χ0) is 21.4. The van der Waals surface area contributed by atoms with Gasteiger partial charge in [-0.2, -0.15) is 0 Å². The highest BCUT2D eigenvalue weighted by Gasteiger charge is 2.34. The van der Waals surface area contributed by atoms with Crippen molar-refractivity contribution < 1.29 is 9.59 Å². The van der Waals surface area contributed by atoms with Crippen LogP contribution >= 0.6 is 0 Å². The summed E-state index contributed by atoms with van der Waals surface area (Å²) in [5.41, 5.74) is 1.95. The molecule has 2 aromatic heterocycles. The maximum absolute atomic E-state index is 13.2. The van der Waals surface area contributed by atoms with Crippen LogP contribution in [0.4, 0.5) is 0 Å². The number of para-hydroxylation sites is 1. The molecule has 3 heterocycles. The number of imide groups is 1. The van der Waals surface area contributed by atoms with E-state index in [0.717, 1.165) is 5.69 Å². The van der Waals surface area contributed by atoms with E-state index in [4.69, 9.17) is 0 Å². The molecule has 0 spiro atoms. The Morgan fingerprint density at radius 2 is 1.45 bits per heavy atom. The number of nitrogens with zero attached hydrogens (tertiary/aromatic N) is 4. The van der Waals surface area contributed by atoms with Gasteiger partial charge in [0.2, 0.25) is 0 Å². The maximum atomic E-state index is 13.2. The van der Waals surface area contributed by atoms with Crippen molar-refractivity contribution in [2.45, 2.75) is 13.0 Å². The average molecular weight is 410 g/mol. The number of pyridine rings is 1. The second-order valence-electron chi connectivity index (χ2n) is 7.32. The first-order chi connectivity index (χ1) is 15.1. The van der Waals surface area contributed by atoms with Crippen molar-refractivity contribution in [3.05, 3.63) is 106 Å². The van der Waals surface area contributed by atoms with Crippen LogP contribution in [0.25, 0.3) is 10.9 Å². The largest absolute Gasteiger partial charge is 0.290 e. The Morgan fingerprint density at radius 3 is 2.16 bits per heavy atom. The van der Waals surface area contributed by atoms with Crippen molar-refractivity contribution in [3.63, 3.8) is 0 Å². The van der Waals surface area contributed by atoms with E-state index >= 15 is 0 Å². The zero-order valence-corrected chi connectivity index (χ0v) is 16.6. The number of fused-ring (bicyclic) bond motifs is 2. The summed E-state index contributed by atoms with van der Waals surface area (Å²) in [6.07, 6.45) is 1.94. The highest BCUT2D eigenvalue weighted by Crippen LogP contribution is 2.22. The van der Waals surface area contributed by atoms with Gasteiger partial charge in [0.15, 0.2) is 0 Å². The molecular formula is C24H18N4O3. The molecule has 0 atom stereocenters. The number of hydrogen-bond acceptors (Lipinski definition) is 5. The summed E-state index contributed by atoms with van der Waals surface area (Å²) in [6, 6.07) is 19.5. The lowest BCUT2D eigenvalue weighted by atomic mass is 10.1. The van der Waals surface area contributed by atoms with Gasteiger partial charge in [0, 0.05) is 19.2 Å². The molecule has 0 aliphatic carbocycles. The summed E-state index contributed by atoms with van der Waals surface area (Å²) >= 11 is 0. The number of benzene rings is 2. The Balaban J connectivity index is 1.51. The molecule has 31 heavy (non-hydrogen) atoms. The van der Waals surface area contributed by atoms with Crippen LogP contribution < -0.4 is 5.56 Å². The second kappa shape index (κ2) is 7.60. The van der Waals surface area contributed by atoms with E-state index < -0.39 is 0 Å². The molecule has 0 N–H and O–H groups in total. The van der Waals surface area contributed by atoms with Crippen LogP contribution in [0.15, 0.2) is 77.7 Å². The highest BCUT2D eigenvalue weighted by atomic mass is 16.2. The number of rotatable bonds is 5. The van der Waals surface area contributed by atoms with E-state index in [-0.39, 0.29) is 36.9 Å². The molecule has 7 nitrogen and oxygen atoms in total. The third-order valence-electron chi connectivity index (χ3n) is 5.42. The minimum absolute atomic E-state index is 0.138. The van der Waals surface area contributed by atoms with E-state index in [9.17, 15) is 14.4 Å². The van der Waals surface area contributed by atoms with Crippen molar-refractivity contribution in [3.8, 4) is 0 Å². The standard InChI is InChI=1S/C24H18N4O3/c29-22-17-8-1-2-9-18(17)23(30)27(22)14-12-21-26-20-11-4-3-10-19(20)24(31)28(21)15-16-7-5-6-13-25-16/h1-11,13H,12,14-15H2. The smallest absolute Gasteiger partial charge is 0.261 e. The maximum Gasteiger partial charge on any atom is 0.261 e. The molecule has 1 aliphatic rings. The predicted molar refractivity (Wildman–Crippen MR) is 115 cm³/mol. The Bertz CT molecular complexity index is 1340. The molecule has 2 amide bonds. The Hall–Kier alpha value is -4.13. The lowest BCUT2D eigenvalue weighted by Gasteiger charge is -2.17. The SMILES string of the molecule is O=C1c2ccccc2C(=O)N1CCc1nc2ccccc2c(=O)n1Cc1ccccn1. The van der Waals surface area contributed by atoms with E-state index in [1.807, 2.05) is 24.3 Å². The first-order valence-electron chi connectivity index (χ1n) is 9.97. The summed E-state index contributed by atoms with van der Waals surface area (Å²) in [7, 11) is 0. The minimum atomic E-state index is -0.319. The van der Waals surface area contributed by atoms with Crippen molar-refractivity contribution in [2.24, 2.45) is 0 Å². The van der Waals surface area contributed by atoms with E-state index in [1.165, 1.54) is 4.90 Å². The molecule has 0 saturated heterocycles. The number of hydrogen-bond donors (Lipinski definition) is 0. The van der Waals surface area contributed by atoms with Crippen molar-refractivity contribution in [1.82, 2.24) is 19.4 Å². The third-order valence-corrected chi connectivity index (χ3v) is 5.42. The van der Waals surface area contributed by atoms with Gasteiger partial charge in [-0.3, -0.25) is 28.8 Å². The summed E-state index contributed by atoms with van der Waals surface area (Å²) in [4.78, 5) is 48.8. The Morgan fingerprint density at radius 1 is 0.774 bits per heavy atom. The van der Waals surface area contributed by atoms with Gasteiger partial charge < -0.3 is 0 Å². The topological polar surface area (TPSA) is 85.2 Å². The van der Waals surface area contributed by atoms with Crippen LogP contribution in [0.1, 0.15) is 32.2 Å². The number of aromatic nitrogens is 3. The monoisotopic (exact) mass is 410 g/mol. The average Bonchev–Trinajstić information content (AvgIpc) is 3.05. The lowest BCUT2D eigenvalue weighted by Crippen LogP contribution is -2.34. The van der Waals surface area contributed by atoms with Gasteiger partial charge in [-0.15, -0.1) is 0 Å². The van der Waals surface area contributed by atoms with E-state index in [2.05, 4.69) is 9.97 Å². The van der Waals surface area contributed by atoms with Gasteiger partial charge in [0.05, 0.1) is 34.3 Å². The molecule has 0 unspecified atom stereocenters. The van der Waals surface area contributed by atoms with Crippen LogP contribution in [0.5, 0.6) is 0 Å². The van der Waals surface area contributed by atoms with Gasteiger partial charge in [-0.25, -0.2) is 4.98 Å². The summed E-state index contributed by atoms with van der Waals surface area (Å²) < 4.78 is 1.57. The Kier molecular flexibility index (Phi) is 4.63. The van der Waals surface area contributed by atoms with Gasteiger partial charge >= 0.3 is 0 Å². The molecule has 0 bridgehead atoms. The van der Waals surface area contributed by atoms with Crippen molar-refractivity contribution in [1.29, 1.82) is 0 Å². The molecule has 5 rings (SSSR count). The minimum Gasteiger partial charge on any atom is -0.290 e. The lowest BCUT2D eigenvalue weighted by molar-refractivity contribution is 0.0655. The number of carbonyl (C=O) groups excluding carboxylic acids is 2. The van der Waals surface area contributed by atoms with Gasteiger partial charge in [-0.1, -0.05) is 30.3 Å². The highest BCUT2D eigenvalue weighted by molar-refractivity contribution is 6.21. The first-order valence-corrected chi connectivity index (χ1v) is 9.97. The Labute approximate surface area is 177 Å². The van der Waals surface area contributed by atoms with Crippen LogP contribution in [-0.4, -0.2) is 37.8 Å². The van der Waals surface area contributed by atoms with Gasteiger partial charge in [-0.05, 0) is 36.4 Å². The molecule has 2 aromatic carbocycles. The quantitative estimate of drug-likeness (QED) is 0.472. The van der Waals surface area contributed by atoms with E-state index in [0.29, 0.717) is 27.9 Å². The van der Waals surface area contributed by atoms with Crippen LogP contribution in [0.3, 0.4) is 0 Å². The summed E-state index contributed by atoms with van der Waals surface area (Å²) in [5, 5.41) is 0.517. The van der Waals surface area contributed by atoms with E-state index in [1.54, 1.807) is 53.2 Å². The number of carbonyl (C=O) groups is 2. The van der Waals surface area contributed by atoms with Gasteiger partial charge in [0.25, 0.3) is 17.4 Å². The third kappa shape index (κ3) is 3.30. The molecule has 0 radical (unpaired) electrons. The van der Waals surface area contributed by atoms with Gasteiger partial charge in [0.1, 0.15) is 5.82 Å². The van der Waals surface area contributed by atoms with Crippen LogP contribution in [-0.2, 0) is 13.0 Å². The van der Waals surface area contributed by atoms with Crippen LogP contribution in [0, 0.1) is 0 Å². The molecule has 4 aromatic rings. The molecule has 1 aliphatic heterocycles. The van der Waals surface area contributed by atoms with Crippen molar-refractivity contribution >= 4 is 22.7 Å². The molecular weight excluding hydrogens is 392 g/mol. The molecule has 7 heteroatoms. The molecule has 0 saturated carbocycles. The molecule has 0 fully saturated rings. The van der Waals surface area contributed by atoms with Crippen LogP contribution in [0.2, 0.25) is 0 Å². The zero-order valence-electron chi connectivity index (χ0n) is 16.6. The summed E-state index contributed by atoms with van der Waals surface area (Å²) in [6.45, 7) is 0.397.